The Balaban J connectivity index is 2.37. The van der Waals surface area contributed by atoms with E-state index in [1.165, 1.54) is 6.92 Å². The standard InChI is InChI=1S/C29H44N4O4/c1-17(2)21(15-18(3)27(36)37)31-25(34)23(28(4,5)6)32-26(35)24(30-9)29(7,8)20-16-33(10)22-14-12-11-13-19(20)22/h11-17,21,23-24,30H,1-10H3,(H,31,34)(H,32,35)(H,36,37)/t21-,23-,24-/m1/s1. The minimum Gasteiger partial charge on any atom is -0.478 e. The van der Waals surface area contributed by atoms with Crippen molar-refractivity contribution in [2.24, 2.45) is 18.4 Å². The van der Waals surface area contributed by atoms with E-state index in [9.17, 15) is 19.5 Å². The SMILES string of the molecule is CN[C@H](C(=O)N[C@H](C(=O)N[C@H](C=C(C)C(=O)O)C(C)C)C(C)(C)C)C(C)(C)c1cn(C)c2ccccc12. The first-order valence-corrected chi connectivity index (χ1v) is 12.8. The Hall–Kier alpha value is -3.13. The minimum atomic E-state index is -1.03. The van der Waals surface area contributed by atoms with E-state index in [-0.39, 0.29) is 23.3 Å². The van der Waals surface area contributed by atoms with Gasteiger partial charge in [-0.1, -0.05) is 72.7 Å². The van der Waals surface area contributed by atoms with Crippen LogP contribution < -0.4 is 16.0 Å². The molecule has 1 aromatic carbocycles. The Kier molecular flexibility index (Phi) is 9.36. The van der Waals surface area contributed by atoms with Crippen molar-refractivity contribution in [1.29, 1.82) is 0 Å². The maximum absolute atomic E-state index is 13.7. The van der Waals surface area contributed by atoms with Crippen LogP contribution >= 0.6 is 0 Å². The average molecular weight is 513 g/mol. The second-order valence-electron chi connectivity index (χ2n) is 11.9. The largest absolute Gasteiger partial charge is 0.478 e. The Morgan fingerprint density at radius 3 is 2.05 bits per heavy atom. The predicted octanol–water partition coefficient (Wildman–Crippen LogP) is 3.75. The number of hydrogen-bond acceptors (Lipinski definition) is 4. The van der Waals surface area contributed by atoms with Gasteiger partial charge in [0, 0.05) is 35.1 Å². The molecule has 0 bridgehead atoms. The highest BCUT2D eigenvalue weighted by Crippen LogP contribution is 2.34. The molecule has 2 rings (SSSR count). The second kappa shape index (κ2) is 11.5. The number of carbonyl (C=O) groups is 3. The van der Waals surface area contributed by atoms with Crippen LogP contribution in [0.15, 0.2) is 42.1 Å². The zero-order valence-electron chi connectivity index (χ0n) is 23.9. The predicted molar refractivity (Wildman–Crippen MR) is 148 cm³/mol. The van der Waals surface area contributed by atoms with E-state index in [1.54, 1.807) is 13.1 Å². The van der Waals surface area contributed by atoms with E-state index < -0.39 is 34.9 Å². The van der Waals surface area contributed by atoms with Crippen LogP contribution in [-0.4, -0.2) is 52.6 Å². The number of carbonyl (C=O) groups excluding carboxylic acids is 2. The lowest BCUT2D eigenvalue weighted by Gasteiger charge is -2.37. The molecule has 8 nitrogen and oxygen atoms in total. The van der Waals surface area contributed by atoms with Crippen molar-refractivity contribution in [2.75, 3.05) is 7.05 Å². The number of rotatable bonds is 10. The summed E-state index contributed by atoms with van der Waals surface area (Å²) >= 11 is 0. The molecule has 0 aliphatic heterocycles. The van der Waals surface area contributed by atoms with Crippen LogP contribution in [0.5, 0.6) is 0 Å². The maximum atomic E-state index is 13.7. The summed E-state index contributed by atoms with van der Waals surface area (Å²) in [5, 5.41) is 19.5. The molecule has 2 aromatic rings. The molecule has 0 fully saturated rings. The summed E-state index contributed by atoms with van der Waals surface area (Å²) in [6.45, 7) is 15.0. The van der Waals surface area contributed by atoms with Gasteiger partial charge in [0.05, 0.1) is 12.1 Å². The second-order valence-corrected chi connectivity index (χ2v) is 11.9. The molecule has 0 radical (unpaired) electrons. The monoisotopic (exact) mass is 512 g/mol. The molecule has 0 spiro atoms. The highest BCUT2D eigenvalue weighted by molar-refractivity contribution is 5.93. The smallest absolute Gasteiger partial charge is 0.331 e. The summed E-state index contributed by atoms with van der Waals surface area (Å²) < 4.78 is 2.06. The van der Waals surface area contributed by atoms with Crippen LogP contribution in [0.2, 0.25) is 0 Å². The van der Waals surface area contributed by atoms with Gasteiger partial charge in [-0.15, -0.1) is 0 Å². The number of amides is 2. The Morgan fingerprint density at radius 2 is 1.54 bits per heavy atom. The lowest BCUT2D eigenvalue weighted by molar-refractivity contribution is -0.133. The van der Waals surface area contributed by atoms with E-state index in [4.69, 9.17) is 0 Å². The van der Waals surface area contributed by atoms with Crippen LogP contribution in [0.4, 0.5) is 0 Å². The van der Waals surface area contributed by atoms with Crippen molar-refractivity contribution in [3.8, 4) is 0 Å². The summed E-state index contributed by atoms with van der Waals surface area (Å²) in [5.74, 6) is -1.71. The molecule has 0 unspecified atom stereocenters. The van der Waals surface area contributed by atoms with Crippen molar-refractivity contribution in [2.45, 2.75) is 78.9 Å². The van der Waals surface area contributed by atoms with Gasteiger partial charge in [-0.05, 0) is 36.9 Å². The van der Waals surface area contributed by atoms with Crippen molar-refractivity contribution >= 4 is 28.7 Å². The molecule has 0 saturated heterocycles. The summed E-state index contributed by atoms with van der Waals surface area (Å²) in [6.07, 6.45) is 3.60. The summed E-state index contributed by atoms with van der Waals surface area (Å²) in [6, 6.07) is 6.14. The molecule has 2 amide bonds. The third-order valence-corrected chi connectivity index (χ3v) is 7.07. The third kappa shape index (κ3) is 6.80. The number of nitrogens with one attached hydrogen (secondary N) is 3. The molecule has 8 heteroatoms. The average Bonchev–Trinajstić information content (AvgIpc) is 3.13. The number of benzene rings is 1. The summed E-state index contributed by atoms with van der Waals surface area (Å²) in [4.78, 5) is 38.5. The lowest BCUT2D eigenvalue weighted by atomic mass is 9.76. The Morgan fingerprint density at radius 1 is 0.973 bits per heavy atom. The molecule has 1 heterocycles. The van der Waals surface area contributed by atoms with Crippen LogP contribution in [0.1, 0.15) is 61.0 Å². The molecular formula is C29H44N4O4. The molecule has 0 aliphatic carbocycles. The minimum absolute atomic E-state index is 0.0371. The van der Waals surface area contributed by atoms with Crippen molar-refractivity contribution in [1.82, 2.24) is 20.5 Å². The third-order valence-electron chi connectivity index (χ3n) is 7.07. The zero-order chi connectivity index (χ0) is 28.3. The van der Waals surface area contributed by atoms with Crippen LogP contribution in [-0.2, 0) is 26.8 Å². The molecule has 1 aromatic heterocycles. The fourth-order valence-electron chi connectivity index (χ4n) is 4.72. The quantitative estimate of drug-likeness (QED) is 0.362. The Labute approximate surface area is 220 Å². The number of para-hydroxylation sites is 1. The van der Waals surface area contributed by atoms with Gasteiger partial charge in [0.2, 0.25) is 11.8 Å². The molecule has 0 aliphatic rings. The van der Waals surface area contributed by atoms with E-state index in [2.05, 4.69) is 38.8 Å². The maximum Gasteiger partial charge on any atom is 0.331 e. The van der Waals surface area contributed by atoms with Gasteiger partial charge in [-0.25, -0.2) is 4.79 Å². The van der Waals surface area contributed by atoms with E-state index in [1.807, 2.05) is 67.6 Å². The van der Waals surface area contributed by atoms with Crippen LogP contribution in [0.3, 0.4) is 0 Å². The number of carboxylic acids is 1. The molecule has 3 atom stereocenters. The van der Waals surface area contributed by atoms with Crippen molar-refractivity contribution in [3.63, 3.8) is 0 Å². The topological polar surface area (TPSA) is 112 Å². The van der Waals surface area contributed by atoms with Gasteiger partial charge in [0.25, 0.3) is 0 Å². The van der Waals surface area contributed by atoms with Gasteiger partial charge in [-0.3, -0.25) is 9.59 Å². The number of aryl methyl sites for hydroxylation is 1. The highest BCUT2D eigenvalue weighted by Gasteiger charge is 2.41. The van der Waals surface area contributed by atoms with Crippen molar-refractivity contribution < 1.29 is 19.5 Å². The molecule has 0 saturated carbocycles. The molecule has 4 N–H and O–H groups in total. The number of carboxylic acid groups (broad SMARTS) is 1. The summed E-state index contributed by atoms with van der Waals surface area (Å²) in [7, 11) is 3.74. The number of fused-ring (bicyclic) bond motifs is 1. The first-order valence-electron chi connectivity index (χ1n) is 12.8. The first-order chi connectivity index (χ1) is 17.0. The molecular weight excluding hydrogens is 468 g/mol. The Bertz CT molecular complexity index is 1170. The fraction of sp³-hybridized carbons (Fsp3) is 0.552. The number of aromatic nitrogens is 1. The number of hydrogen-bond donors (Lipinski definition) is 4. The first kappa shape index (κ1) is 30.1. The van der Waals surface area contributed by atoms with Crippen molar-refractivity contribution in [3.05, 3.63) is 47.7 Å². The van der Waals surface area contributed by atoms with Crippen LogP contribution in [0, 0.1) is 11.3 Å². The van der Waals surface area contributed by atoms with Gasteiger partial charge >= 0.3 is 5.97 Å². The zero-order valence-corrected chi connectivity index (χ0v) is 23.9. The normalized spacial score (nSPS) is 15.4. The number of nitrogens with zero attached hydrogens (tertiary/aromatic N) is 1. The number of aliphatic carboxylic acids is 1. The van der Waals surface area contributed by atoms with Gasteiger partial charge in [0.1, 0.15) is 6.04 Å². The highest BCUT2D eigenvalue weighted by atomic mass is 16.4. The number of likely N-dealkylation sites (N-methyl/N-ethyl adjacent to an activating group) is 1. The van der Waals surface area contributed by atoms with Crippen LogP contribution in [0.25, 0.3) is 10.9 Å². The van der Waals surface area contributed by atoms with E-state index in [0.717, 1.165) is 16.5 Å². The lowest BCUT2D eigenvalue weighted by Crippen LogP contribution is -2.61. The van der Waals surface area contributed by atoms with Gasteiger partial charge < -0.3 is 25.6 Å². The molecule has 204 valence electrons. The van der Waals surface area contributed by atoms with E-state index in [0.29, 0.717) is 0 Å². The molecule has 37 heavy (non-hydrogen) atoms. The van der Waals surface area contributed by atoms with Gasteiger partial charge in [-0.2, -0.15) is 0 Å². The van der Waals surface area contributed by atoms with Gasteiger partial charge in [0.15, 0.2) is 0 Å². The van der Waals surface area contributed by atoms with E-state index >= 15 is 0 Å². The summed E-state index contributed by atoms with van der Waals surface area (Å²) in [5.41, 5.74) is 1.08. The fourth-order valence-corrected chi connectivity index (χ4v) is 4.72.